The molecule has 0 unspecified atom stereocenters. The number of rotatable bonds is 6. The third-order valence-electron chi connectivity index (χ3n) is 3.17. The number of hydrogen-bond donors (Lipinski definition) is 1. The lowest BCUT2D eigenvalue weighted by Crippen LogP contribution is -2.17. The van der Waals surface area contributed by atoms with E-state index in [9.17, 15) is 22.8 Å². The summed E-state index contributed by atoms with van der Waals surface area (Å²) in [5.41, 5.74) is 0.939. The Bertz CT molecular complexity index is 756. The first-order valence-corrected chi connectivity index (χ1v) is 7.73. The Kier molecular flexibility index (Phi) is 6.21. The average molecular weight is 367 g/mol. The third kappa shape index (κ3) is 5.80. The minimum absolute atomic E-state index is 0.158. The van der Waals surface area contributed by atoms with E-state index in [1.807, 2.05) is 6.92 Å². The maximum atomic E-state index is 12.1. The molecule has 1 N–H and O–H groups in total. The van der Waals surface area contributed by atoms with E-state index in [0.29, 0.717) is 24.3 Å². The number of ether oxygens (including phenoxy) is 2. The summed E-state index contributed by atoms with van der Waals surface area (Å²) in [5.74, 6) is -1.38. The van der Waals surface area contributed by atoms with Gasteiger partial charge in [0.25, 0.3) is 5.91 Å². The van der Waals surface area contributed by atoms with Crippen LogP contribution in [0.25, 0.3) is 0 Å². The van der Waals surface area contributed by atoms with Gasteiger partial charge in [0.2, 0.25) is 0 Å². The normalized spacial score (nSPS) is 10.9. The molecule has 5 nitrogen and oxygen atoms in total. The van der Waals surface area contributed by atoms with Crippen LogP contribution in [-0.2, 0) is 4.74 Å². The summed E-state index contributed by atoms with van der Waals surface area (Å²) < 4.78 is 45.1. The van der Waals surface area contributed by atoms with Gasteiger partial charge < -0.3 is 14.8 Å². The summed E-state index contributed by atoms with van der Waals surface area (Å²) in [5, 5.41) is 2.58. The van der Waals surface area contributed by atoms with E-state index < -0.39 is 24.0 Å². The quantitative estimate of drug-likeness (QED) is 0.769. The van der Waals surface area contributed by atoms with Crippen LogP contribution in [0.4, 0.5) is 18.9 Å². The largest absolute Gasteiger partial charge is 0.573 e. The van der Waals surface area contributed by atoms with E-state index in [-0.39, 0.29) is 5.56 Å². The first-order chi connectivity index (χ1) is 12.3. The zero-order valence-corrected chi connectivity index (χ0v) is 13.8. The molecule has 0 atom stereocenters. The molecule has 0 aliphatic rings. The summed E-state index contributed by atoms with van der Waals surface area (Å²) in [7, 11) is 0. The Hall–Kier alpha value is -3.03. The van der Waals surface area contributed by atoms with E-state index in [1.54, 1.807) is 0 Å². The molecule has 2 aromatic carbocycles. The SMILES string of the molecule is CCCOC(=O)c1ccc(NC(=O)c2ccc(OC(F)(F)F)cc2)cc1. The molecule has 0 radical (unpaired) electrons. The lowest BCUT2D eigenvalue weighted by atomic mass is 10.1. The van der Waals surface area contributed by atoms with Crippen LogP contribution in [0, 0.1) is 0 Å². The van der Waals surface area contributed by atoms with Gasteiger partial charge in [-0.1, -0.05) is 6.92 Å². The van der Waals surface area contributed by atoms with Crippen LogP contribution in [0.3, 0.4) is 0 Å². The van der Waals surface area contributed by atoms with Gasteiger partial charge in [0.05, 0.1) is 12.2 Å². The van der Waals surface area contributed by atoms with E-state index in [1.165, 1.54) is 36.4 Å². The van der Waals surface area contributed by atoms with Crippen molar-refractivity contribution in [1.29, 1.82) is 0 Å². The number of hydrogen-bond acceptors (Lipinski definition) is 4. The van der Waals surface area contributed by atoms with Crippen LogP contribution in [0.1, 0.15) is 34.1 Å². The molecule has 0 aliphatic heterocycles. The molecule has 0 aromatic heterocycles. The van der Waals surface area contributed by atoms with Gasteiger partial charge in [-0.05, 0) is 55.0 Å². The zero-order valence-electron chi connectivity index (χ0n) is 13.8. The van der Waals surface area contributed by atoms with Gasteiger partial charge in [-0.15, -0.1) is 13.2 Å². The number of alkyl halides is 3. The number of amides is 1. The fourth-order valence-electron chi connectivity index (χ4n) is 1.98. The van der Waals surface area contributed by atoms with Crippen LogP contribution in [0.2, 0.25) is 0 Å². The molecule has 1 amide bonds. The molecule has 0 heterocycles. The fraction of sp³-hybridized carbons (Fsp3) is 0.222. The second kappa shape index (κ2) is 8.37. The Morgan fingerprint density at radius 2 is 1.54 bits per heavy atom. The van der Waals surface area contributed by atoms with Gasteiger partial charge in [-0.2, -0.15) is 0 Å². The maximum absolute atomic E-state index is 12.1. The highest BCUT2D eigenvalue weighted by Crippen LogP contribution is 2.23. The first-order valence-electron chi connectivity index (χ1n) is 7.73. The third-order valence-corrected chi connectivity index (χ3v) is 3.17. The van der Waals surface area contributed by atoms with Crippen molar-refractivity contribution in [2.75, 3.05) is 11.9 Å². The van der Waals surface area contributed by atoms with Crippen molar-refractivity contribution in [3.63, 3.8) is 0 Å². The highest BCUT2D eigenvalue weighted by atomic mass is 19.4. The molecule has 8 heteroatoms. The zero-order chi connectivity index (χ0) is 19.2. The van der Waals surface area contributed by atoms with Crippen molar-refractivity contribution in [2.24, 2.45) is 0 Å². The standard InChI is InChI=1S/C18H16F3NO4/c1-2-11-25-17(24)13-3-7-14(8-4-13)22-16(23)12-5-9-15(10-6-12)26-18(19,20)21/h3-10H,2,11H2,1H3,(H,22,23). The maximum Gasteiger partial charge on any atom is 0.573 e. The molecule has 138 valence electrons. The molecule has 0 saturated carbocycles. The predicted octanol–water partition coefficient (Wildman–Crippen LogP) is 4.40. The van der Waals surface area contributed by atoms with E-state index >= 15 is 0 Å². The number of carbonyl (C=O) groups excluding carboxylic acids is 2. The highest BCUT2D eigenvalue weighted by molar-refractivity contribution is 6.04. The van der Waals surface area contributed by atoms with Crippen LogP contribution >= 0.6 is 0 Å². The summed E-state index contributed by atoms with van der Waals surface area (Å²) in [6, 6.07) is 10.6. The molecule has 0 aliphatic carbocycles. The molecule has 26 heavy (non-hydrogen) atoms. The van der Waals surface area contributed by atoms with E-state index in [2.05, 4.69) is 10.1 Å². The second-order valence-corrected chi connectivity index (χ2v) is 5.24. The molecule has 2 aromatic rings. The van der Waals surface area contributed by atoms with E-state index in [0.717, 1.165) is 12.1 Å². The Balaban J connectivity index is 1.98. The minimum atomic E-state index is -4.79. The highest BCUT2D eigenvalue weighted by Gasteiger charge is 2.31. The summed E-state index contributed by atoms with van der Waals surface area (Å²) in [6.45, 7) is 2.21. The minimum Gasteiger partial charge on any atom is -0.462 e. The molecule has 2 rings (SSSR count). The Morgan fingerprint density at radius 3 is 2.08 bits per heavy atom. The van der Waals surface area contributed by atoms with Crippen LogP contribution in [0.5, 0.6) is 5.75 Å². The lowest BCUT2D eigenvalue weighted by Gasteiger charge is -2.10. The predicted molar refractivity (Wildman–Crippen MR) is 88.1 cm³/mol. The van der Waals surface area contributed by atoms with Crippen molar-refractivity contribution < 1.29 is 32.2 Å². The van der Waals surface area contributed by atoms with Gasteiger partial charge in [-0.25, -0.2) is 4.79 Å². The molecule has 0 bridgehead atoms. The number of benzene rings is 2. The molecule has 0 saturated heterocycles. The van der Waals surface area contributed by atoms with Gasteiger partial charge in [-0.3, -0.25) is 4.79 Å². The monoisotopic (exact) mass is 367 g/mol. The Labute approximate surface area is 147 Å². The number of carbonyl (C=O) groups is 2. The molecular formula is C18H16F3NO4. The van der Waals surface area contributed by atoms with Crippen molar-refractivity contribution in [3.05, 3.63) is 59.7 Å². The van der Waals surface area contributed by atoms with Crippen molar-refractivity contribution in [1.82, 2.24) is 0 Å². The lowest BCUT2D eigenvalue weighted by molar-refractivity contribution is -0.274. The fourth-order valence-corrected chi connectivity index (χ4v) is 1.98. The smallest absolute Gasteiger partial charge is 0.462 e. The van der Waals surface area contributed by atoms with Crippen LogP contribution in [0.15, 0.2) is 48.5 Å². The number of halogens is 3. The first kappa shape index (κ1) is 19.3. The van der Waals surface area contributed by atoms with Crippen LogP contribution in [-0.4, -0.2) is 24.8 Å². The van der Waals surface area contributed by atoms with Gasteiger partial charge in [0, 0.05) is 11.3 Å². The molecule has 0 fully saturated rings. The number of nitrogens with one attached hydrogen (secondary N) is 1. The topological polar surface area (TPSA) is 64.6 Å². The summed E-state index contributed by atoms with van der Waals surface area (Å²) in [6.07, 6.45) is -4.07. The number of esters is 1. The van der Waals surface area contributed by atoms with Gasteiger partial charge in [0.15, 0.2) is 0 Å². The van der Waals surface area contributed by atoms with Gasteiger partial charge >= 0.3 is 12.3 Å². The number of anilines is 1. The molecule has 0 spiro atoms. The van der Waals surface area contributed by atoms with E-state index in [4.69, 9.17) is 4.74 Å². The van der Waals surface area contributed by atoms with Crippen LogP contribution < -0.4 is 10.1 Å². The van der Waals surface area contributed by atoms with Crippen molar-refractivity contribution >= 4 is 17.6 Å². The van der Waals surface area contributed by atoms with Crippen molar-refractivity contribution in [3.8, 4) is 5.75 Å². The Morgan fingerprint density at radius 1 is 0.962 bits per heavy atom. The second-order valence-electron chi connectivity index (χ2n) is 5.24. The average Bonchev–Trinajstić information content (AvgIpc) is 2.59. The summed E-state index contributed by atoms with van der Waals surface area (Å²) >= 11 is 0. The van der Waals surface area contributed by atoms with Crippen molar-refractivity contribution in [2.45, 2.75) is 19.7 Å². The molecular weight excluding hydrogens is 351 g/mol. The van der Waals surface area contributed by atoms with Gasteiger partial charge in [0.1, 0.15) is 5.75 Å². The summed E-state index contributed by atoms with van der Waals surface area (Å²) in [4.78, 5) is 23.8.